The van der Waals surface area contributed by atoms with Crippen molar-refractivity contribution in [1.82, 2.24) is 9.78 Å². The maximum absolute atomic E-state index is 5.89. The molecule has 0 saturated carbocycles. The van der Waals surface area contributed by atoms with E-state index >= 15 is 0 Å². The SMILES string of the molecule is CCn1nc(CC(CCl)CCl)c2ccccc21. The fourth-order valence-corrected chi connectivity index (χ4v) is 2.56. The van der Waals surface area contributed by atoms with E-state index in [9.17, 15) is 0 Å². The first-order chi connectivity index (χ1) is 8.30. The fourth-order valence-electron chi connectivity index (χ4n) is 2.01. The molecule has 0 amide bonds. The molecule has 0 saturated heterocycles. The predicted octanol–water partition coefficient (Wildman–Crippen LogP) is 3.69. The van der Waals surface area contributed by atoms with Gasteiger partial charge in [-0.1, -0.05) is 18.2 Å². The number of hydrogen-bond acceptors (Lipinski definition) is 1. The molecule has 92 valence electrons. The number of benzene rings is 1. The van der Waals surface area contributed by atoms with Gasteiger partial charge in [-0.05, 0) is 25.3 Å². The van der Waals surface area contributed by atoms with E-state index in [1.807, 2.05) is 16.8 Å². The van der Waals surface area contributed by atoms with Gasteiger partial charge in [-0.2, -0.15) is 5.10 Å². The lowest BCUT2D eigenvalue weighted by Crippen LogP contribution is -2.09. The quantitative estimate of drug-likeness (QED) is 0.758. The Morgan fingerprint density at radius 3 is 2.59 bits per heavy atom. The first-order valence-electron chi connectivity index (χ1n) is 5.86. The van der Waals surface area contributed by atoms with Gasteiger partial charge < -0.3 is 0 Å². The van der Waals surface area contributed by atoms with Crippen LogP contribution in [0.25, 0.3) is 10.9 Å². The zero-order valence-electron chi connectivity index (χ0n) is 9.87. The van der Waals surface area contributed by atoms with Gasteiger partial charge in [0.05, 0.1) is 11.2 Å². The van der Waals surface area contributed by atoms with Gasteiger partial charge in [0.25, 0.3) is 0 Å². The van der Waals surface area contributed by atoms with E-state index < -0.39 is 0 Å². The highest BCUT2D eigenvalue weighted by atomic mass is 35.5. The van der Waals surface area contributed by atoms with Crippen molar-refractivity contribution in [3.63, 3.8) is 0 Å². The van der Waals surface area contributed by atoms with Crippen LogP contribution in [0, 0.1) is 5.92 Å². The molecule has 0 radical (unpaired) electrons. The van der Waals surface area contributed by atoms with Crippen molar-refractivity contribution in [2.45, 2.75) is 19.9 Å². The van der Waals surface area contributed by atoms with Gasteiger partial charge in [-0.3, -0.25) is 4.68 Å². The molecule has 1 heterocycles. The topological polar surface area (TPSA) is 17.8 Å². The van der Waals surface area contributed by atoms with Crippen molar-refractivity contribution >= 4 is 34.1 Å². The number of halogens is 2. The summed E-state index contributed by atoms with van der Waals surface area (Å²) in [4.78, 5) is 0. The van der Waals surface area contributed by atoms with Gasteiger partial charge in [-0.25, -0.2) is 0 Å². The Morgan fingerprint density at radius 2 is 1.94 bits per heavy atom. The number of alkyl halides is 2. The van der Waals surface area contributed by atoms with Crippen LogP contribution in [0.5, 0.6) is 0 Å². The molecule has 0 N–H and O–H groups in total. The third-order valence-electron chi connectivity index (χ3n) is 2.95. The highest BCUT2D eigenvalue weighted by Crippen LogP contribution is 2.21. The number of para-hydroxylation sites is 1. The summed E-state index contributed by atoms with van der Waals surface area (Å²) in [5.41, 5.74) is 2.29. The Morgan fingerprint density at radius 1 is 1.24 bits per heavy atom. The van der Waals surface area contributed by atoms with Crippen LogP contribution < -0.4 is 0 Å². The molecule has 0 spiro atoms. The van der Waals surface area contributed by atoms with Crippen molar-refractivity contribution in [1.29, 1.82) is 0 Å². The Labute approximate surface area is 112 Å². The third-order valence-corrected chi connectivity index (χ3v) is 3.83. The Balaban J connectivity index is 2.40. The van der Waals surface area contributed by atoms with Crippen LogP contribution in [0.1, 0.15) is 12.6 Å². The summed E-state index contributed by atoms with van der Waals surface area (Å²) in [6, 6.07) is 8.31. The molecule has 1 aromatic carbocycles. The van der Waals surface area contributed by atoms with Gasteiger partial charge >= 0.3 is 0 Å². The van der Waals surface area contributed by atoms with Gasteiger partial charge in [0.15, 0.2) is 0 Å². The molecule has 0 bridgehead atoms. The summed E-state index contributed by atoms with van der Waals surface area (Å²) < 4.78 is 2.03. The second-order valence-electron chi connectivity index (χ2n) is 4.16. The highest BCUT2D eigenvalue weighted by molar-refractivity contribution is 6.20. The smallest absolute Gasteiger partial charge is 0.0707 e. The average molecular weight is 271 g/mol. The zero-order chi connectivity index (χ0) is 12.3. The van der Waals surface area contributed by atoms with Crippen LogP contribution in [-0.4, -0.2) is 21.5 Å². The van der Waals surface area contributed by atoms with Crippen molar-refractivity contribution in [2.24, 2.45) is 5.92 Å². The summed E-state index contributed by atoms with van der Waals surface area (Å²) >= 11 is 11.8. The summed E-state index contributed by atoms with van der Waals surface area (Å²) in [5.74, 6) is 1.45. The predicted molar refractivity (Wildman–Crippen MR) is 74.0 cm³/mol. The monoisotopic (exact) mass is 270 g/mol. The normalized spacial score (nSPS) is 11.5. The molecule has 0 aliphatic heterocycles. The van der Waals surface area contributed by atoms with E-state index in [1.54, 1.807) is 0 Å². The van der Waals surface area contributed by atoms with Crippen LogP contribution in [0.2, 0.25) is 0 Å². The standard InChI is InChI=1S/C13H16Cl2N2/c1-2-17-13-6-4-3-5-11(13)12(16-17)7-10(8-14)9-15/h3-6,10H,2,7-9H2,1H3. The van der Waals surface area contributed by atoms with Crippen LogP contribution in [-0.2, 0) is 13.0 Å². The Bertz CT molecular complexity index is 489. The number of hydrogen-bond donors (Lipinski definition) is 0. The number of nitrogens with zero attached hydrogens (tertiary/aromatic N) is 2. The van der Waals surface area contributed by atoms with Gasteiger partial charge in [-0.15, -0.1) is 23.2 Å². The van der Waals surface area contributed by atoms with Crippen molar-refractivity contribution in [2.75, 3.05) is 11.8 Å². The lowest BCUT2D eigenvalue weighted by atomic mass is 10.0. The first-order valence-corrected chi connectivity index (χ1v) is 6.93. The van der Waals surface area contributed by atoms with Gasteiger partial charge in [0.2, 0.25) is 0 Å². The summed E-state index contributed by atoms with van der Waals surface area (Å²) in [6.45, 7) is 2.98. The molecule has 4 heteroatoms. The molecule has 0 atom stereocenters. The summed E-state index contributed by atoms with van der Waals surface area (Å²) in [5, 5.41) is 5.86. The molecular formula is C13H16Cl2N2. The third kappa shape index (κ3) is 2.58. The first kappa shape index (κ1) is 12.7. The number of fused-ring (bicyclic) bond motifs is 1. The van der Waals surface area contributed by atoms with Crippen LogP contribution in [0.15, 0.2) is 24.3 Å². The molecule has 2 rings (SSSR count). The van der Waals surface area contributed by atoms with Crippen LogP contribution in [0.3, 0.4) is 0 Å². The second-order valence-corrected chi connectivity index (χ2v) is 4.78. The van der Waals surface area contributed by atoms with E-state index in [2.05, 4.69) is 24.2 Å². The molecule has 17 heavy (non-hydrogen) atoms. The minimum Gasteiger partial charge on any atom is -0.265 e. The molecule has 0 fully saturated rings. The van der Waals surface area contributed by atoms with Crippen LogP contribution >= 0.6 is 23.2 Å². The maximum atomic E-state index is 5.89. The van der Waals surface area contributed by atoms with E-state index in [0.717, 1.165) is 18.7 Å². The van der Waals surface area contributed by atoms with E-state index in [-0.39, 0.29) is 0 Å². The van der Waals surface area contributed by atoms with Crippen molar-refractivity contribution < 1.29 is 0 Å². The van der Waals surface area contributed by atoms with Gasteiger partial charge in [0, 0.05) is 23.7 Å². The minimum absolute atomic E-state index is 0.293. The summed E-state index contributed by atoms with van der Waals surface area (Å²) in [6.07, 6.45) is 0.848. The van der Waals surface area contributed by atoms with Crippen molar-refractivity contribution in [3.05, 3.63) is 30.0 Å². The van der Waals surface area contributed by atoms with Crippen molar-refractivity contribution in [3.8, 4) is 0 Å². The van der Waals surface area contributed by atoms with Crippen LogP contribution in [0.4, 0.5) is 0 Å². The number of aromatic nitrogens is 2. The van der Waals surface area contributed by atoms with E-state index in [4.69, 9.17) is 23.2 Å². The second kappa shape index (κ2) is 5.74. The maximum Gasteiger partial charge on any atom is 0.0707 e. The molecular weight excluding hydrogens is 255 g/mol. The van der Waals surface area contributed by atoms with Gasteiger partial charge in [0.1, 0.15) is 0 Å². The largest absolute Gasteiger partial charge is 0.265 e. The molecule has 0 aliphatic carbocycles. The molecule has 0 aliphatic rings. The molecule has 2 nitrogen and oxygen atoms in total. The molecule has 1 aromatic heterocycles. The number of aryl methyl sites for hydroxylation is 1. The minimum atomic E-state index is 0.293. The fraction of sp³-hybridized carbons (Fsp3) is 0.462. The van der Waals surface area contributed by atoms with E-state index in [1.165, 1.54) is 10.9 Å². The lowest BCUT2D eigenvalue weighted by Gasteiger charge is -2.07. The Hall–Kier alpha value is -0.730. The molecule has 2 aromatic rings. The highest BCUT2D eigenvalue weighted by Gasteiger charge is 2.14. The summed E-state index contributed by atoms with van der Waals surface area (Å²) in [7, 11) is 0. The molecule has 0 unspecified atom stereocenters. The average Bonchev–Trinajstić information content (AvgIpc) is 2.74. The lowest BCUT2D eigenvalue weighted by molar-refractivity contribution is 0.616. The zero-order valence-corrected chi connectivity index (χ0v) is 11.4. The number of rotatable bonds is 5. The Kier molecular flexibility index (Phi) is 4.30. The van der Waals surface area contributed by atoms with E-state index in [0.29, 0.717) is 17.7 Å².